The molecule has 0 saturated carbocycles. The van der Waals surface area contributed by atoms with Crippen LogP contribution in [0.2, 0.25) is 0 Å². The number of aromatic nitrogens is 3. The van der Waals surface area contributed by atoms with Crippen molar-refractivity contribution in [3.05, 3.63) is 24.3 Å². The van der Waals surface area contributed by atoms with E-state index in [1.54, 1.807) is 7.11 Å². The number of ether oxygens (including phenoxy) is 1. The smallest absolute Gasteiger partial charge is 0.245 e. The minimum absolute atomic E-state index is 0.640. The maximum atomic E-state index is 5.72. The van der Waals surface area contributed by atoms with Gasteiger partial charge in [0, 0.05) is 18.7 Å². The van der Waals surface area contributed by atoms with Crippen LogP contribution in [0.5, 0.6) is 5.75 Å². The third-order valence-corrected chi connectivity index (χ3v) is 4.07. The van der Waals surface area contributed by atoms with Crippen molar-refractivity contribution in [1.82, 2.24) is 15.2 Å². The Hall–Kier alpha value is -2.08. The molecule has 0 radical (unpaired) electrons. The summed E-state index contributed by atoms with van der Waals surface area (Å²) in [5.74, 6) is 3.04. The molecule has 1 aromatic carbocycles. The highest BCUT2D eigenvalue weighted by molar-refractivity contribution is 5.57. The summed E-state index contributed by atoms with van der Waals surface area (Å²) in [6.45, 7) is 2.72. The first-order chi connectivity index (χ1) is 10.3. The first kappa shape index (κ1) is 13.9. The zero-order valence-corrected chi connectivity index (χ0v) is 12.2. The van der Waals surface area contributed by atoms with E-state index in [0.29, 0.717) is 5.92 Å². The Morgan fingerprint density at radius 2 is 2.00 bits per heavy atom. The van der Waals surface area contributed by atoms with Gasteiger partial charge in [0.25, 0.3) is 0 Å². The van der Waals surface area contributed by atoms with Crippen molar-refractivity contribution in [2.75, 3.05) is 31.6 Å². The van der Waals surface area contributed by atoms with E-state index in [1.807, 2.05) is 24.3 Å². The van der Waals surface area contributed by atoms with E-state index in [-0.39, 0.29) is 0 Å². The van der Waals surface area contributed by atoms with Crippen LogP contribution < -0.4 is 15.4 Å². The normalized spacial score (nSPS) is 16.2. The van der Waals surface area contributed by atoms with Crippen molar-refractivity contribution in [3.8, 4) is 17.1 Å². The number of H-pyrrole nitrogens is 1. The van der Waals surface area contributed by atoms with E-state index in [0.717, 1.165) is 55.6 Å². The number of benzene rings is 1. The van der Waals surface area contributed by atoms with Gasteiger partial charge >= 0.3 is 0 Å². The molecule has 0 bridgehead atoms. The number of nitrogens with one attached hydrogen (secondary N) is 1. The van der Waals surface area contributed by atoms with E-state index >= 15 is 0 Å². The first-order valence-corrected chi connectivity index (χ1v) is 7.32. The van der Waals surface area contributed by atoms with E-state index < -0.39 is 0 Å². The quantitative estimate of drug-likeness (QED) is 0.894. The number of rotatable bonds is 4. The summed E-state index contributed by atoms with van der Waals surface area (Å²) in [6.07, 6.45) is 2.23. The largest absolute Gasteiger partial charge is 0.497 e. The van der Waals surface area contributed by atoms with Crippen molar-refractivity contribution in [2.24, 2.45) is 11.7 Å². The Bertz CT molecular complexity index is 572. The fourth-order valence-electron chi connectivity index (χ4n) is 2.64. The molecule has 0 unspecified atom stereocenters. The van der Waals surface area contributed by atoms with Gasteiger partial charge in [-0.15, -0.1) is 5.10 Å². The van der Waals surface area contributed by atoms with Crippen LogP contribution in [-0.2, 0) is 0 Å². The highest BCUT2D eigenvalue weighted by atomic mass is 16.5. The number of methoxy groups -OCH3 is 1. The second kappa shape index (κ2) is 6.13. The summed E-state index contributed by atoms with van der Waals surface area (Å²) in [4.78, 5) is 6.82. The average molecular weight is 287 g/mol. The number of nitrogens with zero attached hydrogens (tertiary/aromatic N) is 3. The predicted molar refractivity (Wildman–Crippen MR) is 82.4 cm³/mol. The molecule has 3 rings (SSSR count). The molecule has 0 spiro atoms. The summed E-state index contributed by atoms with van der Waals surface area (Å²) in [7, 11) is 1.66. The highest BCUT2D eigenvalue weighted by Crippen LogP contribution is 2.23. The lowest BCUT2D eigenvalue weighted by molar-refractivity contribution is 0.411. The minimum Gasteiger partial charge on any atom is -0.497 e. The van der Waals surface area contributed by atoms with Gasteiger partial charge in [0.05, 0.1) is 7.11 Å². The molecular weight excluding hydrogens is 266 g/mol. The zero-order chi connectivity index (χ0) is 14.7. The number of piperidine rings is 1. The number of hydrogen-bond acceptors (Lipinski definition) is 5. The van der Waals surface area contributed by atoms with Gasteiger partial charge in [0.15, 0.2) is 5.82 Å². The van der Waals surface area contributed by atoms with Crippen molar-refractivity contribution < 1.29 is 4.74 Å². The van der Waals surface area contributed by atoms with E-state index in [4.69, 9.17) is 10.5 Å². The van der Waals surface area contributed by atoms with Crippen LogP contribution in [0.25, 0.3) is 11.4 Å². The molecule has 6 nitrogen and oxygen atoms in total. The lowest BCUT2D eigenvalue weighted by Gasteiger charge is -2.30. The van der Waals surface area contributed by atoms with Crippen LogP contribution in [0.1, 0.15) is 12.8 Å². The van der Waals surface area contributed by atoms with Gasteiger partial charge in [-0.1, -0.05) is 0 Å². The van der Waals surface area contributed by atoms with Crippen molar-refractivity contribution >= 4 is 5.95 Å². The average Bonchev–Trinajstić information content (AvgIpc) is 3.05. The highest BCUT2D eigenvalue weighted by Gasteiger charge is 2.21. The van der Waals surface area contributed by atoms with Crippen LogP contribution in [-0.4, -0.2) is 41.9 Å². The second-order valence-corrected chi connectivity index (χ2v) is 5.38. The van der Waals surface area contributed by atoms with Gasteiger partial charge in [-0.25, -0.2) is 0 Å². The van der Waals surface area contributed by atoms with E-state index in [2.05, 4.69) is 20.1 Å². The van der Waals surface area contributed by atoms with Crippen molar-refractivity contribution in [3.63, 3.8) is 0 Å². The third-order valence-electron chi connectivity index (χ3n) is 4.07. The molecular formula is C15H21N5O. The lowest BCUT2D eigenvalue weighted by atomic mass is 9.97. The Balaban J connectivity index is 1.71. The molecule has 112 valence electrons. The molecule has 2 aromatic rings. The number of anilines is 1. The van der Waals surface area contributed by atoms with Crippen molar-refractivity contribution in [2.45, 2.75) is 12.8 Å². The Labute approximate surface area is 124 Å². The Kier molecular flexibility index (Phi) is 4.06. The first-order valence-electron chi connectivity index (χ1n) is 7.32. The molecule has 0 atom stereocenters. The summed E-state index contributed by atoms with van der Waals surface area (Å²) in [5.41, 5.74) is 6.73. The Morgan fingerprint density at radius 1 is 1.29 bits per heavy atom. The molecule has 1 aromatic heterocycles. The van der Waals surface area contributed by atoms with Crippen LogP contribution in [0.4, 0.5) is 5.95 Å². The van der Waals surface area contributed by atoms with Crippen LogP contribution in [0, 0.1) is 5.92 Å². The number of aromatic amines is 1. The maximum absolute atomic E-state index is 5.72. The van der Waals surface area contributed by atoms with Gasteiger partial charge in [-0.05, 0) is 49.6 Å². The third kappa shape index (κ3) is 3.00. The second-order valence-electron chi connectivity index (χ2n) is 5.38. The summed E-state index contributed by atoms with van der Waals surface area (Å²) in [5, 5.41) is 7.35. The predicted octanol–water partition coefficient (Wildman–Crippen LogP) is 1.66. The fraction of sp³-hybridized carbons (Fsp3) is 0.467. The Morgan fingerprint density at radius 3 is 2.62 bits per heavy atom. The zero-order valence-electron chi connectivity index (χ0n) is 12.2. The molecule has 0 amide bonds. The van der Waals surface area contributed by atoms with Gasteiger partial charge in [-0.2, -0.15) is 4.98 Å². The van der Waals surface area contributed by atoms with Crippen LogP contribution in [0.3, 0.4) is 0 Å². The molecule has 1 aliphatic rings. The molecule has 1 fully saturated rings. The topological polar surface area (TPSA) is 80.1 Å². The molecule has 6 heteroatoms. The minimum atomic E-state index is 0.640. The molecule has 1 saturated heterocycles. The van der Waals surface area contributed by atoms with E-state index in [9.17, 15) is 0 Å². The molecule has 3 N–H and O–H groups in total. The molecule has 0 aliphatic carbocycles. The standard InChI is InChI=1S/C15H21N5O/c1-21-13-4-2-12(3-5-13)14-17-15(19-18-14)20-8-6-11(10-16)7-9-20/h2-5,11H,6-10,16H2,1H3,(H,17,18,19). The van der Waals surface area contributed by atoms with Crippen LogP contribution in [0.15, 0.2) is 24.3 Å². The van der Waals surface area contributed by atoms with Crippen molar-refractivity contribution in [1.29, 1.82) is 0 Å². The molecule has 1 aliphatic heterocycles. The fourth-order valence-corrected chi connectivity index (χ4v) is 2.64. The lowest BCUT2D eigenvalue weighted by Crippen LogP contribution is -2.36. The molecule has 21 heavy (non-hydrogen) atoms. The van der Waals surface area contributed by atoms with Gasteiger partial charge < -0.3 is 15.4 Å². The van der Waals surface area contributed by atoms with Gasteiger partial charge in [0.2, 0.25) is 5.95 Å². The van der Waals surface area contributed by atoms with Gasteiger partial charge in [-0.3, -0.25) is 5.10 Å². The SMILES string of the molecule is COc1ccc(-c2nc(N3CCC(CN)CC3)n[nH]2)cc1. The summed E-state index contributed by atoms with van der Waals surface area (Å²) in [6, 6.07) is 7.79. The van der Waals surface area contributed by atoms with Gasteiger partial charge in [0.1, 0.15) is 5.75 Å². The maximum Gasteiger partial charge on any atom is 0.245 e. The monoisotopic (exact) mass is 287 g/mol. The van der Waals surface area contributed by atoms with Crippen LogP contribution >= 0.6 is 0 Å². The van der Waals surface area contributed by atoms with E-state index in [1.165, 1.54) is 0 Å². The molecule has 2 heterocycles. The summed E-state index contributed by atoms with van der Waals surface area (Å²) >= 11 is 0. The summed E-state index contributed by atoms with van der Waals surface area (Å²) < 4.78 is 5.16. The number of nitrogens with two attached hydrogens (primary N) is 1. The number of hydrogen-bond donors (Lipinski definition) is 2.